The monoisotopic (exact) mass is 166 g/mol. The first-order valence-corrected chi connectivity index (χ1v) is 4.50. The maximum absolute atomic E-state index is 5.00. The van der Waals surface area contributed by atoms with Crippen LogP contribution in [0.2, 0.25) is 0 Å². The van der Waals surface area contributed by atoms with Gasteiger partial charge in [-0.2, -0.15) is 0 Å². The highest BCUT2D eigenvalue weighted by Gasteiger charge is 2.16. The lowest BCUT2D eigenvalue weighted by atomic mass is 10.1. The lowest BCUT2D eigenvalue weighted by Crippen LogP contribution is -2.23. The van der Waals surface area contributed by atoms with E-state index in [1.165, 1.54) is 18.4 Å². The van der Waals surface area contributed by atoms with Crippen LogP contribution in [0.1, 0.15) is 24.2 Å². The molecule has 0 aromatic carbocycles. The van der Waals surface area contributed by atoms with Gasteiger partial charge in [0.15, 0.2) is 0 Å². The van der Waals surface area contributed by atoms with Crippen molar-refractivity contribution < 1.29 is 4.52 Å². The van der Waals surface area contributed by atoms with E-state index in [1.54, 1.807) is 0 Å². The quantitative estimate of drug-likeness (QED) is 0.719. The molecule has 1 aromatic heterocycles. The van der Waals surface area contributed by atoms with Crippen LogP contribution < -0.4 is 5.32 Å². The summed E-state index contributed by atoms with van der Waals surface area (Å²) < 4.78 is 5.00. The van der Waals surface area contributed by atoms with Crippen LogP contribution >= 0.6 is 0 Å². The first-order chi connectivity index (χ1) is 5.86. The molecule has 2 rings (SSSR count). The van der Waals surface area contributed by atoms with Crippen molar-refractivity contribution in [2.75, 3.05) is 6.54 Å². The molecule has 1 saturated heterocycles. The van der Waals surface area contributed by atoms with Gasteiger partial charge in [-0.05, 0) is 32.7 Å². The predicted molar refractivity (Wildman–Crippen MR) is 46.0 cm³/mol. The molecule has 2 heterocycles. The minimum atomic E-state index is 0.642. The highest BCUT2D eigenvalue weighted by atomic mass is 16.5. The summed E-state index contributed by atoms with van der Waals surface area (Å²) in [5, 5.41) is 7.21. The van der Waals surface area contributed by atoms with Crippen molar-refractivity contribution >= 4 is 0 Å². The molecule has 1 N–H and O–H groups in total. The molecule has 12 heavy (non-hydrogen) atoms. The predicted octanol–water partition coefficient (Wildman–Crippen LogP) is 1.28. The lowest BCUT2D eigenvalue weighted by molar-refractivity contribution is 0.395. The highest BCUT2D eigenvalue weighted by Crippen LogP contribution is 2.14. The zero-order chi connectivity index (χ0) is 8.39. The molecule has 0 aliphatic carbocycles. The van der Waals surface area contributed by atoms with Crippen LogP contribution in [0.4, 0.5) is 0 Å². The fourth-order valence-electron chi connectivity index (χ4n) is 1.71. The third kappa shape index (κ3) is 1.50. The second-order valence-corrected chi connectivity index (χ2v) is 3.40. The van der Waals surface area contributed by atoms with Crippen LogP contribution in [0, 0.1) is 6.92 Å². The lowest BCUT2D eigenvalue weighted by Gasteiger charge is -2.07. The van der Waals surface area contributed by atoms with Gasteiger partial charge in [0.1, 0.15) is 5.76 Å². The largest absolute Gasteiger partial charge is 0.361 e. The maximum atomic E-state index is 5.00. The van der Waals surface area contributed by atoms with Gasteiger partial charge in [0.25, 0.3) is 0 Å². The van der Waals surface area contributed by atoms with Crippen molar-refractivity contribution in [1.29, 1.82) is 0 Å². The first kappa shape index (κ1) is 7.80. The number of nitrogens with zero attached hydrogens (tertiary/aromatic N) is 1. The van der Waals surface area contributed by atoms with E-state index in [9.17, 15) is 0 Å². The molecular weight excluding hydrogens is 152 g/mol. The fourth-order valence-corrected chi connectivity index (χ4v) is 1.71. The Hall–Kier alpha value is -0.830. The zero-order valence-electron chi connectivity index (χ0n) is 7.34. The van der Waals surface area contributed by atoms with Crippen LogP contribution in [0.15, 0.2) is 10.7 Å². The SMILES string of the molecule is Cc1oncc1CC1CCCN1. The second kappa shape index (κ2) is 3.27. The third-order valence-electron chi connectivity index (χ3n) is 2.48. The summed E-state index contributed by atoms with van der Waals surface area (Å²) in [7, 11) is 0. The molecule has 1 unspecified atom stereocenters. The number of rotatable bonds is 2. The molecule has 0 bridgehead atoms. The van der Waals surface area contributed by atoms with Gasteiger partial charge < -0.3 is 9.84 Å². The van der Waals surface area contributed by atoms with Crippen molar-refractivity contribution in [3.8, 4) is 0 Å². The van der Waals surface area contributed by atoms with Gasteiger partial charge >= 0.3 is 0 Å². The Labute approximate surface area is 72.1 Å². The summed E-state index contributed by atoms with van der Waals surface area (Å²) in [5.74, 6) is 0.962. The normalized spacial score (nSPS) is 23.2. The molecule has 1 aliphatic rings. The fraction of sp³-hybridized carbons (Fsp3) is 0.667. The summed E-state index contributed by atoms with van der Waals surface area (Å²) in [6.07, 6.45) is 5.48. The second-order valence-electron chi connectivity index (χ2n) is 3.40. The Bertz CT molecular complexity index is 251. The summed E-state index contributed by atoms with van der Waals surface area (Å²) in [6.45, 7) is 3.13. The molecule has 0 spiro atoms. The van der Waals surface area contributed by atoms with E-state index in [0.29, 0.717) is 6.04 Å². The molecule has 3 heteroatoms. The molecule has 3 nitrogen and oxygen atoms in total. The maximum Gasteiger partial charge on any atom is 0.136 e. The number of aromatic nitrogens is 1. The van der Waals surface area contributed by atoms with E-state index in [-0.39, 0.29) is 0 Å². The van der Waals surface area contributed by atoms with E-state index in [1.807, 2.05) is 13.1 Å². The smallest absolute Gasteiger partial charge is 0.136 e. The topological polar surface area (TPSA) is 38.1 Å². The van der Waals surface area contributed by atoms with Crippen molar-refractivity contribution in [2.45, 2.75) is 32.2 Å². The van der Waals surface area contributed by atoms with E-state index >= 15 is 0 Å². The van der Waals surface area contributed by atoms with Gasteiger partial charge in [-0.15, -0.1) is 0 Å². The third-order valence-corrected chi connectivity index (χ3v) is 2.48. The van der Waals surface area contributed by atoms with Crippen LogP contribution in [0.3, 0.4) is 0 Å². The van der Waals surface area contributed by atoms with Crippen molar-refractivity contribution in [3.63, 3.8) is 0 Å². The molecule has 0 amide bonds. The zero-order valence-corrected chi connectivity index (χ0v) is 7.34. The van der Waals surface area contributed by atoms with E-state index in [2.05, 4.69) is 10.5 Å². The molecule has 0 radical (unpaired) electrons. The number of hydrogen-bond donors (Lipinski definition) is 1. The molecule has 1 fully saturated rings. The Morgan fingerprint density at radius 2 is 2.67 bits per heavy atom. The average Bonchev–Trinajstić information content (AvgIpc) is 2.65. The molecule has 1 aromatic rings. The van der Waals surface area contributed by atoms with Crippen LogP contribution in [-0.4, -0.2) is 17.7 Å². The summed E-state index contributed by atoms with van der Waals surface area (Å²) in [6, 6.07) is 0.642. The molecule has 66 valence electrons. The van der Waals surface area contributed by atoms with Crippen molar-refractivity contribution in [1.82, 2.24) is 10.5 Å². The van der Waals surface area contributed by atoms with Gasteiger partial charge in [-0.1, -0.05) is 5.16 Å². The van der Waals surface area contributed by atoms with Crippen molar-refractivity contribution in [2.24, 2.45) is 0 Å². The molecule has 1 atom stereocenters. The number of hydrogen-bond acceptors (Lipinski definition) is 3. The first-order valence-electron chi connectivity index (χ1n) is 4.50. The van der Waals surface area contributed by atoms with Gasteiger partial charge in [-0.3, -0.25) is 0 Å². The summed E-state index contributed by atoms with van der Waals surface area (Å²) in [4.78, 5) is 0. The number of nitrogens with one attached hydrogen (secondary N) is 1. The van der Waals surface area contributed by atoms with Crippen LogP contribution in [-0.2, 0) is 6.42 Å². The van der Waals surface area contributed by atoms with E-state index in [0.717, 1.165) is 18.7 Å². The Morgan fingerprint density at radius 3 is 3.25 bits per heavy atom. The Morgan fingerprint density at radius 1 is 1.75 bits per heavy atom. The van der Waals surface area contributed by atoms with Gasteiger partial charge in [0.2, 0.25) is 0 Å². The van der Waals surface area contributed by atoms with Gasteiger partial charge in [0.05, 0.1) is 6.20 Å². The average molecular weight is 166 g/mol. The van der Waals surface area contributed by atoms with E-state index < -0.39 is 0 Å². The Kier molecular flexibility index (Phi) is 2.13. The number of aryl methyl sites for hydroxylation is 1. The standard InChI is InChI=1S/C9H14N2O/c1-7-8(6-11-12-7)5-9-3-2-4-10-9/h6,9-10H,2-5H2,1H3. The van der Waals surface area contributed by atoms with Gasteiger partial charge in [0, 0.05) is 11.6 Å². The van der Waals surface area contributed by atoms with Crippen LogP contribution in [0.25, 0.3) is 0 Å². The Balaban J connectivity index is 1.98. The van der Waals surface area contributed by atoms with E-state index in [4.69, 9.17) is 4.52 Å². The molecule has 1 aliphatic heterocycles. The molecule has 0 saturated carbocycles. The van der Waals surface area contributed by atoms with Crippen molar-refractivity contribution in [3.05, 3.63) is 17.5 Å². The molecular formula is C9H14N2O. The summed E-state index contributed by atoms with van der Waals surface area (Å²) in [5.41, 5.74) is 1.24. The summed E-state index contributed by atoms with van der Waals surface area (Å²) >= 11 is 0. The highest BCUT2D eigenvalue weighted by molar-refractivity contribution is 5.13. The van der Waals surface area contributed by atoms with Crippen LogP contribution in [0.5, 0.6) is 0 Å². The van der Waals surface area contributed by atoms with Gasteiger partial charge in [-0.25, -0.2) is 0 Å². The minimum Gasteiger partial charge on any atom is -0.361 e. The minimum absolute atomic E-state index is 0.642.